The minimum absolute atomic E-state index is 0.117. The third-order valence-corrected chi connectivity index (χ3v) is 5.38. The summed E-state index contributed by atoms with van der Waals surface area (Å²) in [4.78, 5) is 29.6. The molecule has 3 rings (SSSR count). The highest BCUT2D eigenvalue weighted by molar-refractivity contribution is 5.79. The number of hydrogen-bond acceptors (Lipinski definition) is 4. The lowest BCUT2D eigenvalue weighted by Gasteiger charge is -2.37. The first kappa shape index (κ1) is 18.8. The van der Waals surface area contributed by atoms with Crippen LogP contribution in [0.25, 0.3) is 0 Å². The molecule has 2 aliphatic rings. The number of furan rings is 1. The SMILES string of the molecule is CCOC(=O)N1CCN(C(=O)C2CC[NH+](Cc3ccc(C)o3)CC2)CC1. The molecule has 1 aromatic heterocycles. The van der Waals surface area contributed by atoms with Crippen LogP contribution < -0.4 is 4.90 Å². The van der Waals surface area contributed by atoms with Crippen LogP contribution in [0.3, 0.4) is 0 Å². The maximum atomic E-state index is 12.8. The molecule has 2 amide bonds. The number of aryl methyl sites for hydroxylation is 1. The van der Waals surface area contributed by atoms with Crippen LogP contribution in [0.15, 0.2) is 16.5 Å². The van der Waals surface area contributed by atoms with Crippen molar-refractivity contribution in [3.05, 3.63) is 23.7 Å². The van der Waals surface area contributed by atoms with Crippen molar-refractivity contribution in [2.24, 2.45) is 5.92 Å². The summed E-state index contributed by atoms with van der Waals surface area (Å²) in [6.07, 6.45) is 1.57. The lowest BCUT2D eigenvalue weighted by molar-refractivity contribution is -0.920. The van der Waals surface area contributed by atoms with Gasteiger partial charge in [0.05, 0.1) is 19.7 Å². The van der Waals surface area contributed by atoms with E-state index in [2.05, 4.69) is 0 Å². The van der Waals surface area contributed by atoms with E-state index >= 15 is 0 Å². The van der Waals surface area contributed by atoms with Crippen molar-refractivity contribution < 1.29 is 23.6 Å². The van der Waals surface area contributed by atoms with Gasteiger partial charge in [-0.05, 0) is 26.0 Å². The quantitative estimate of drug-likeness (QED) is 0.853. The van der Waals surface area contributed by atoms with Crippen molar-refractivity contribution in [1.82, 2.24) is 9.80 Å². The monoisotopic (exact) mass is 364 g/mol. The molecular weight excluding hydrogens is 334 g/mol. The summed E-state index contributed by atoms with van der Waals surface area (Å²) in [5.41, 5.74) is 0. The summed E-state index contributed by atoms with van der Waals surface area (Å²) in [6.45, 7) is 9.39. The number of amides is 2. The van der Waals surface area contributed by atoms with Crippen LogP contribution in [0.5, 0.6) is 0 Å². The molecule has 144 valence electrons. The molecule has 0 radical (unpaired) electrons. The fourth-order valence-corrected chi connectivity index (χ4v) is 3.86. The normalized spacial score (nSPS) is 23.8. The lowest BCUT2D eigenvalue weighted by atomic mass is 9.95. The summed E-state index contributed by atoms with van der Waals surface area (Å²) in [5, 5.41) is 0. The van der Waals surface area contributed by atoms with E-state index in [1.165, 1.54) is 4.90 Å². The number of piperidine rings is 1. The van der Waals surface area contributed by atoms with Crippen LogP contribution in [-0.4, -0.2) is 67.7 Å². The maximum Gasteiger partial charge on any atom is 0.409 e. The van der Waals surface area contributed by atoms with Gasteiger partial charge >= 0.3 is 6.09 Å². The minimum Gasteiger partial charge on any atom is -0.460 e. The zero-order valence-electron chi connectivity index (χ0n) is 15.8. The van der Waals surface area contributed by atoms with Gasteiger partial charge < -0.3 is 23.9 Å². The molecule has 2 fully saturated rings. The van der Waals surface area contributed by atoms with Crippen LogP contribution >= 0.6 is 0 Å². The smallest absolute Gasteiger partial charge is 0.409 e. The molecule has 2 saturated heterocycles. The molecule has 3 heterocycles. The second-order valence-electron chi connectivity index (χ2n) is 7.22. The zero-order valence-corrected chi connectivity index (χ0v) is 15.8. The van der Waals surface area contributed by atoms with Crippen LogP contribution in [0.2, 0.25) is 0 Å². The number of nitrogens with zero attached hydrogens (tertiary/aromatic N) is 2. The highest BCUT2D eigenvalue weighted by atomic mass is 16.6. The number of hydrogen-bond donors (Lipinski definition) is 1. The molecular formula is C19H30N3O4+. The van der Waals surface area contributed by atoms with Gasteiger partial charge in [-0.15, -0.1) is 0 Å². The van der Waals surface area contributed by atoms with Crippen LogP contribution in [-0.2, 0) is 16.1 Å². The van der Waals surface area contributed by atoms with Crippen LogP contribution in [0, 0.1) is 12.8 Å². The molecule has 7 nitrogen and oxygen atoms in total. The van der Waals surface area contributed by atoms with E-state index in [1.54, 1.807) is 11.8 Å². The molecule has 1 aromatic rings. The second kappa shape index (κ2) is 8.58. The fourth-order valence-electron chi connectivity index (χ4n) is 3.86. The van der Waals surface area contributed by atoms with Crippen molar-refractivity contribution >= 4 is 12.0 Å². The Kier molecular flexibility index (Phi) is 6.19. The Labute approximate surface area is 154 Å². The minimum atomic E-state index is -0.273. The first-order chi connectivity index (χ1) is 12.6. The molecule has 7 heteroatoms. The molecule has 0 unspecified atom stereocenters. The highest BCUT2D eigenvalue weighted by Gasteiger charge is 2.33. The van der Waals surface area contributed by atoms with Crippen molar-refractivity contribution in [2.75, 3.05) is 45.9 Å². The Hall–Kier alpha value is -2.02. The third kappa shape index (κ3) is 4.58. The zero-order chi connectivity index (χ0) is 18.5. The Bertz CT molecular complexity index is 614. The summed E-state index contributed by atoms with van der Waals surface area (Å²) in [6, 6.07) is 4.05. The largest absolute Gasteiger partial charge is 0.460 e. The number of rotatable bonds is 4. The summed E-state index contributed by atoms with van der Waals surface area (Å²) >= 11 is 0. The molecule has 26 heavy (non-hydrogen) atoms. The van der Waals surface area contributed by atoms with Gasteiger partial charge in [-0.1, -0.05) is 0 Å². The summed E-state index contributed by atoms with van der Waals surface area (Å²) < 4.78 is 10.7. The van der Waals surface area contributed by atoms with Crippen molar-refractivity contribution in [2.45, 2.75) is 33.2 Å². The van der Waals surface area contributed by atoms with Gasteiger partial charge in [0.2, 0.25) is 5.91 Å². The number of quaternary nitrogens is 1. The topological polar surface area (TPSA) is 67.4 Å². The van der Waals surface area contributed by atoms with Gasteiger partial charge in [0.15, 0.2) is 5.76 Å². The highest BCUT2D eigenvalue weighted by Crippen LogP contribution is 2.16. The molecule has 0 bridgehead atoms. The molecule has 0 atom stereocenters. The first-order valence-corrected chi connectivity index (χ1v) is 9.66. The average Bonchev–Trinajstić information content (AvgIpc) is 3.07. The van der Waals surface area contributed by atoms with E-state index in [0.717, 1.165) is 44.0 Å². The summed E-state index contributed by atoms with van der Waals surface area (Å²) in [5.74, 6) is 2.34. The second-order valence-corrected chi connectivity index (χ2v) is 7.22. The molecule has 1 N–H and O–H groups in total. The van der Waals surface area contributed by atoms with E-state index in [0.29, 0.717) is 32.8 Å². The van der Waals surface area contributed by atoms with Gasteiger partial charge in [0.1, 0.15) is 12.3 Å². The molecule has 0 saturated carbocycles. The number of carbonyl (C=O) groups is 2. The number of nitrogens with one attached hydrogen (secondary N) is 1. The number of piperazine rings is 1. The standard InChI is InChI=1S/C19H29N3O4/c1-3-25-19(24)22-12-10-21(11-13-22)18(23)16-6-8-20(9-7-16)14-17-5-4-15(2)26-17/h4-5,16H,3,6-14H2,1-2H3/p+1. The maximum absolute atomic E-state index is 12.8. The fraction of sp³-hybridized carbons (Fsp3) is 0.684. The average molecular weight is 364 g/mol. The Morgan fingerprint density at radius 2 is 1.81 bits per heavy atom. The van der Waals surface area contributed by atoms with Crippen molar-refractivity contribution in [3.8, 4) is 0 Å². The van der Waals surface area contributed by atoms with Gasteiger partial charge in [-0.3, -0.25) is 4.79 Å². The molecule has 0 spiro atoms. The number of ether oxygens (including phenoxy) is 1. The van der Waals surface area contributed by atoms with Gasteiger partial charge in [0.25, 0.3) is 0 Å². The predicted molar refractivity (Wildman–Crippen MR) is 95.7 cm³/mol. The molecule has 0 aromatic carbocycles. The van der Waals surface area contributed by atoms with Gasteiger partial charge in [0, 0.05) is 44.9 Å². The van der Waals surface area contributed by atoms with Crippen LogP contribution in [0.1, 0.15) is 31.3 Å². The van der Waals surface area contributed by atoms with E-state index in [-0.39, 0.29) is 17.9 Å². The van der Waals surface area contributed by atoms with Gasteiger partial charge in [-0.2, -0.15) is 0 Å². The Morgan fingerprint density at radius 3 is 2.38 bits per heavy atom. The molecule has 2 aliphatic heterocycles. The van der Waals surface area contributed by atoms with Crippen molar-refractivity contribution in [1.29, 1.82) is 0 Å². The van der Waals surface area contributed by atoms with E-state index in [9.17, 15) is 9.59 Å². The predicted octanol–water partition coefficient (Wildman–Crippen LogP) is 0.684. The van der Waals surface area contributed by atoms with Crippen molar-refractivity contribution in [3.63, 3.8) is 0 Å². The molecule has 0 aliphatic carbocycles. The van der Waals surface area contributed by atoms with E-state index in [1.807, 2.05) is 24.0 Å². The number of carbonyl (C=O) groups excluding carboxylic acids is 2. The lowest BCUT2D eigenvalue weighted by Crippen LogP contribution is -3.11. The Morgan fingerprint density at radius 1 is 1.15 bits per heavy atom. The Balaban J connectivity index is 1.42. The van der Waals surface area contributed by atoms with Gasteiger partial charge in [-0.25, -0.2) is 4.79 Å². The van der Waals surface area contributed by atoms with E-state index in [4.69, 9.17) is 9.15 Å². The van der Waals surface area contributed by atoms with E-state index < -0.39 is 0 Å². The first-order valence-electron chi connectivity index (χ1n) is 9.66. The summed E-state index contributed by atoms with van der Waals surface area (Å²) in [7, 11) is 0. The van der Waals surface area contributed by atoms with Crippen LogP contribution in [0.4, 0.5) is 4.79 Å². The number of likely N-dealkylation sites (tertiary alicyclic amines) is 1. The third-order valence-electron chi connectivity index (χ3n) is 5.38.